The summed E-state index contributed by atoms with van der Waals surface area (Å²) < 4.78 is 11.8. The summed E-state index contributed by atoms with van der Waals surface area (Å²) in [6.45, 7) is 0.712. The molecule has 0 spiro atoms. The van der Waals surface area contributed by atoms with E-state index in [9.17, 15) is 4.79 Å². The molecule has 2 rings (SSSR count). The summed E-state index contributed by atoms with van der Waals surface area (Å²) in [5.41, 5.74) is 0.607. The second-order valence-corrected chi connectivity index (χ2v) is 3.83. The number of rotatable bonds is 2. The van der Waals surface area contributed by atoms with Crippen LogP contribution in [0.25, 0.3) is 0 Å². The van der Waals surface area contributed by atoms with Crippen molar-refractivity contribution in [3.63, 3.8) is 0 Å². The lowest BCUT2D eigenvalue weighted by atomic mass is 10.2. The average Bonchev–Trinajstić information content (AvgIpc) is 2.83. The van der Waals surface area contributed by atoms with Gasteiger partial charge in [-0.15, -0.1) is 6.42 Å². The molecule has 17 heavy (non-hydrogen) atoms. The fraction of sp³-hybridized carbons (Fsp3) is 0.500. The molecule has 2 heterocycles. The molecule has 0 N–H and O–H groups in total. The first-order valence-corrected chi connectivity index (χ1v) is 5.52. The van der Waals surface area contributed by atoms with Crippen LogP contribution in [0.2, 0.25) is 0 Å². The van der Waals surface area contributed by atoms with Gasteiger partial charge in [-0.25, -0.2) is 9.48 Å². The van der Waals surface area contributed by atoms with Crippen molar-refractivity contribution in [2.45, 2.75) is 25.5 Å². The van der Waals surface area contributed by atoms with Crippen LogP contribution < -0.4 is 0 Å². The molecule has 0 bridgehead atoms. The second kappa shape index (κ2) is 5.02. The molecule has 1 saturated heterocycles. The zero-order valence-corrected chi connectivity index (χ0v) is 9.68. The number of nitrogens with zero attached hydrogens (tertiary/aromatic N) is 2. The van der Waals surface area contributed by atoms with Crippen molar-refractivity contribution >= 4 is 5.97 Å². The first-order valence-electron chi connectivity index (χ1n) is 5.52. The van der Waals surface area contributed by atoms with Gasteiger partial charge in [-0.1, -0.05) is 5.92 Å². The molecule has 1 unspecified atom stereocenters. The number of hydrogen-bond acceptors (Lipinski definition) is 4. The number of aromatic nitrogens is 2. The summed E-state index contributed by atoms with van der Waals surface area (Å²) in [6, 6.07) is 0. The smallest absolute Gasteiger partial charge is 0.359 e. The van der Waals surface area contributed by atoms with Gasteiger partial charge in [-0.3, -0.25) is 0 Å². The van der Waals surface area contributed by atoms with Gasteiger partial charge in [-0.2, -0.15) is 5.10 Å². The van der Waals surface area contributed by atoms with Crippen molar-refractivity contribution in [2.24, 2.45) is 0 Å². The first-order chi connectivity index (χ1) is 8.26. The lowest BCUT2D eigenvalue weighted by Gasteiger charge is -2.22. The van der Waals surface area contributed by atoms with E-state index >= 15 is 0 Å². The number of carbonyl (C=O) groups is 1. The predicted octanol–water partition coefficient (Wildman–Crippen LogP) is 1.35. The molecule has 0 radical (unpaired) electrons. The molecular formula is C12H14N2O3. The SMILES string of the molecule is C#Cc1cn(C2CCCCO2)nc1C(=O)OC. The molecule has 0 aliphatic carbocycles. The normalized spacial score (nSPS) is 19.6. The molecule has 0 aromatic carbocycles. The van der Waals surface area contributed by atoms with Gasteiger partial charge < -0.3 is 9.47 Å². The van der Waals surface area contributed by atoms with Crippen LogP contribution >= 0.6 is 0 Å². The van der Waals surface area contributed by atoms with E-state index in [0.717, 1.165) is 19.3 Å². The Bertz CT molecular complexity index is 453. The third-order valence-electron chi connectivity index (χ3n) is 2.72. The Morgan fingerprint density at radius 3 is 3.12 bits per heavy atom. The van der Waals surface area contributed by atoms with E-state index < -0.39 is 5.97 Å². The number of hydrogen-bond donors (Lipinski definition) is 0. The van der Waals surface area contributed by atoms with Gasteiger partial charge in [0.05, 0.1) is 12.7 Å². The fourth-order valence-electron chi connectivity index (χ4n) is 1.82. The molecule has 0 amide bonds. The Morgan fingerprint density at radius 1 is 1.71 bits per heavy atom. The highest BCUT2D eigenvalue weighted by molar-refractivity contribution is 5.89. The van der Waals surface area contributed by atoms with Crippen molar-refractivity contribution in [3.8, 4) is 12.3 Å². The van der Waals surface area contributed by atoms with Gasteiger partial charge in [0.15, 0.2) is 5.69 Å². The maximum Gasteiger partial charge on any atom is 0.359 e. The van der Waals surface area contributed by atoms with Gasteiger partial charge in [0, 0.05) is 12.8 Å². The van der Waals surface area contributed by atoms with Crippen LogP contribution in [0, 0.1) is 12.3 Å². The molecular weight excluding hydrogens is 220 g/mol. The number of terminal acetylenes is 1. The van der Waals surface area contributed by atoms with Crippen LogP contribution in [0.3, 0.4) is 0 Å². The Kier molecular flexibility index (Phi) is 3.45. The second-order valence-electron chi connectivity index (χ2n) is 3.83. The van der Waals surface area contributed by atoms with E-state index in [0.29, 0.717) is 12.2 Å². The Hall–Kier alpha value is -1.80. The van der Waals surface area contributed by atoms with E-state index in [4.69, 9.17) is 11.2 Å². The lowest BCUT2D eigenvalue weighted by Crippen LogP contribution is -2.19. The van der Waals surface area contributed by atoms with Gasteiger partial charge in [0.2, 0.25) is 0 Å². The van der Waals surface area contributed by atoms with Crippen LogP contribution in [0.1, 0.15) is 41.5 Å². The Labute approximate surface area is 99.7 Å². The zero-order chi connectivity index (χ0) is 12.3. The number of carbonyl (C=O) groups excluding carboxylic acids is 1. The Balaban J connectivity index is 2.27. The molecule has 1 aliphatic heterocycles. The van der Waals surface area contributed by atoms with Gasteiger partial charge >= 0.3 is 5.97 Å². The maximum absolute atomic E-state index is 11.5. The molecule has 1 aromatic heterocycles. The highest BCUT2D eigenvalue weighted by Gasteiger charge is 2.21. The number of ether oxygens (including phenoxy) is 2. The van der Waals surface area contributed by atoms with Crippen LogP contribution in [-0.2, 0) is 9.47 Å². The van der Waals surface area contributed by atoms with E-state index in [1.165, 1.54) is 7.11 Å². The summed E-state index contributed by atoms with van der Waals surface area (Å²) in [5, 5.41) is 4.15. The molecule has 0 saturated carbocycles. The lowest BCUT2D eigenvalue weighted by molar-refractivity contribution is -0.0397. The van der Waals surface area contributed by atoms with Crippen molar-refractivity contribution in [1.82, 2.24) is 9.78 Å². The number of esters is 1. The molecule has 1 aromatic rings. The van der Waals surface area contributed by atoms with Crippen molar-refractivity contribution in [2.75, 3.05) is 13.7 Å². The third-order valence-corrected chi connectivity index (χ3v) is 2.72. The molecule has 5 nitrogen and oxygen atoms in total. The highest BCUT2D eigenvalue weighted by Crippen LogP contribution is 2.23. The minimum atomic E-state index is -0.521. The summed E-state index contributed by atoms with van der Waals surface area (Å²) >= 11 is 0. The Morgan fingerprint density at radius 2 is 2.53 bits per heavy atom. The maximum atomic E-state index is 11.5. The van der Waals surface area contributed by atoms with E-state index in [1.54, 1.807) is 10.9 Å². The quantitative estimate of drug-likeness (QED) is 0.572. The highest BCUT2D eigenvalue weighted by atomic mass is 16.5. The number of methoxy groups -OCH3 is 1. The van der Waals surface area contributed by atoms with Crippen LogP contribution in [-0.4, -0.2) is 29.5 Å². The van der Waals surface area contributed by atoms with Crippen molar-refractivity contribution in [3.05, 3.63) is 17.5 Å². The minimum absolute atomic E-state index is 0.130. The van der Waals surface area contributed by atoms with Gasteiger partial charge in [0.1, 0.15) is 6.23 Å². The van der Waals surface area contributed by atoms with E-state index in [2.05, 4.69) is 15.8 Å². The van der Waals surface area contributed by atoms with Gasteiger partial charge in [0.25, 0.3) is 0 Å². The summed E-state index contributed by atoms with van der Waals surface area (Å²) in [4.78, 5) is 11.5. The molecule has 1 fully saturated rings. The summed E-state index contributed by atoms with van der Waals surface area (Å²) in [5.74, 6) is 1.91. The first kappa shape index (κ1) is 11.7. The van der Waals surface area contributed by atoms with E-state index in [-0.39, 0.29) is 11.9 Å². The standard InChI is InChI=1S/C12H14N2O3/c1-3-9-8-14(10-6-4-5-7-17-10)13-11(9)12(15)16-2/h1,8,10H,4-7H2,2H3. The largest absolute Gasteiger partial charge is 0.464 e. The minimum Gasteiger partial charge on any atom is -0.464 e. The summed E-state index contributed by atoms with van der Waals surface area (Å²) in [6.07, 6.45) is 9.89. The third kappa shape index (κ3) is 2.32. The molecule has 90 valence electrons. The topological polar surface area (TPSA) is 53.4 Å². The molecule has 1 aliphatic rings. The monoisotopic (exact) mass is 234 g/mol. The zero-order valence-electron chi connectivity index (χ0n) is 9.68. The van der Waals surface area contributed by atoms with E-state index in [1.807, 2.05) is 0 Å². The van der Waals surface area contributed by atoms with Crippen molar-refractivity contribution in [1.29, 1.82) is 0 Å². The summed E-state index contributed by atoms with van der Waals surface area (Å²) in [7, 11) is 1.30. The predicted molar refractivity (Wildman–Crippen MR) is 60.3 cm³/mol. The van der Waals surface area contributed by atoms with Crippen LogP contribution in [0.5, 0.6) is 0 Å². The van der Waals surface area contributed by atoms with Crippen molar-refractivity contribution < 1.29 is 14.3 Å². The molecule has 5 heteroatoms. The average molecular weight is 234 g/mol. The van der Waals surface area contributed by atoms with Crippen LogP contribution in [0.4, 0.5) is 0 Å². The fourth-order valence-corrected chi connectivity index (χ4v) is 1.82. The molecule has 1 atom stereocenters. The van der Waals surface area contributed by atoms with Crippen LogP contribution in [0.15, 0.2) is 6.20 Å². The van der Waals surface area contributed by atoms with Gasteiger partial charge in [-0.05, 0) is 19.3 Å².